The summed E-state index contributed by atoms with van der Waals surface area (Å²) in [5, 5.41) is 0. The summed E-state index contributed by atoms with van der Waals surface area (Å²) >= 11 is 0. The maximum atomic E-state index is 11.7. The maximum absolute atomic E-state index is 11.7. The van der Waals surface area contributed by atoms with Crippen LogP contribution in [-0.4, -0.2) is 21.9 Å². The number of hydrogen-bond donors (Lipinski definition) is 0. The van der Waals surface area contributed by atoms with E-state index in [1.807, 2.05) is 0 Å². The molecule has 0 aromatic heterocycles. The fourth-order valence-electron chi connectivity index (χ4n) is 0.877. The predicted octanol–water partition coefficient (Wildman–Crippen LogP) is 1.66. The van der Waals surface area contributed by atoms with Gasteiger partial charge >= 0.3 is 16.8 Å². The van der Waals surface area contributed by atoms with Crippen molar-refractivity contribution in [2.45, 2.75) is 6.36 Å². The minimum Gasteiger partial charge on any atom is -0.493 e. The highest BCUT2D eigenvalue weighted by Gasteiger charge is 2.38. The van der Waals surface area contributed by atoms with E-state index in [9.17, 15) is 21.6 Å². The molecule has 0 aliphatic carbocycles. The zero-order valence-corrected chi connectivity index (χ0v) is 9.13. The molecule has 0 saturated carbocycles. The Morgan fingerprint density at radius 2 is 1.94 bits per heavy atom. The summed E-state index contributed by atoms with van der Waals surface area (Å²) in [5.74, 6) is -0.530. The molecule has 5 nitrogen and oxygen atoms in total. The van der Waals surface area contributed by atoms with E-state index in [1.54, 1.807) is 0 Å². The van der Waals surface area contributed by atoms with E-state index in [2.05, 4.69) is 19.2 Å². The summed E-state index contributed by atoms with van der Waals surface area (Å²) in [4.78, 5) is 0. The van der Waals surface area contributed by atoms with Crippen LogP contribution in [0.1, 0.15) is 0 Å². The average molecular weight is 271 g/mol. The molecule has 1 rings (SSSR count). The van der Waals surface area contributed by atoms with Crippen molar-refractivity contribution in [2.75, 3.05) is 7.11 Å². The van der Waals surface area contributed by atoms with E-state index in [0.717, 1.165) is 6.07 Å². The lowest BCUT2D eigenvalue weighted by Gasteiger charge is -2.10. The summed E-state index contributed by atoms with van der Waals surface area (Å²) in [6.45, 7) is 0. The van der Waals surface area contributed by atoms with Gasteiger partial charge in [-0.15, -0.1) is 17.4 Å². The Morgan fingerprint density at radius 1 is 1.29 bits per heavy atom. The largest absolute Gasteiger partial charge is 0.539 e. The lowest BCUT2D eigenvalue weighted by Crippen LogP contribution is -2.23. The van der Waals surface area contributed by atoms with Crippen LogP contribution >= 0.6 is 0 Å². The Labute approximate surface area is 95.0 Å². The minimum absolute atomic E-state index is 0.0712. The van der Waals surface area contributed by atoms with Crippen molar-refractivity contribution in [3.8, 4) is 11.5 Å². The topological polar surface area (TPSA) is 61.8 Å². The van der Waals surface area contributed by atoms with Crippen LogP contribution in [-0.2, 0) is 14.6 Å². The summed E-state index contributed by atoms with van der Waals surface area (Å²) in [6, 6.07) is 6.04. The molecule has 0 saturated heterocycles. The third-order valence-electron chi connectivity index (χ3n) is 1.40. The molecule has 0 aliphatic heterocycles. The molecule has 0 N–H and O–H groups in total. The van der Waals surface area contributed by atoms with E-state index in [1.165, 1.54) is 19.2 Å². The van der Waals surface area contributed by atoms with Gasteiger partial charge in [-0.1, -0.05) is 6.07 Å². The van der Waals surface area contributed by atoms with Gasteiger partial charge < -0.3 is 8.92 Å². The second kappa shape index (κ2) is 4.80. The van der Waals surface area contributed by atoms with Crippen molar-refractivity contribution in [1.29, 1.82) is 0 Å². The molecule has 1 aromatic carbocycles. The van der Waals surface area contributed by atoms with E-state index < -0.39 is 22.5 Å². The first-order valence-electron chi connectivity index (χ1n) is 3.99. The molecule has 0 spiro atoms. The van der Waals surface area contributed by atoms with E-state index in [0.29, 0.717) is 0 Å². The quantitative estimate of drug-likeness (QED) is 0.833. The van der Waals surface area contributed by atoms with Crippen LogP contribution < -0.4 is 8.92 Å². The normalized spacial score (nSPS) is 12.2. The lowest BCUT2D eigenvalue weighted by molar-refractivity contribution is -0.274. The molecule has 9 heteroatoms. The number of alkyl halides is 3. The van der Waals surface area contributed by atoms with Crippen LogP contribution in [0.5, 0.6) is 11.5 Å². The van der Waals surface area contributed by atoms with Gasteiger partial charge in [0.15, 0.2) is 11.5 Å². The van der Waals surface area contributed by atoms with Gasteiger partial charge in [0.2, 0.25) is 0 Å². The summed E-state index contributed by atoms with van der Waals surface area (Å²) in [6.07, 6.45) is -5.36. The fourth-order valence-corrected chi connectivity index (χ4v) is 1.49. The lowest BCUT2D eigenvalue weighted by atomic mass is 10.3. The summed E-state index contributed by atoms with van der Waals surface area (Å²) < 4.78 is 68.4. The van der Waals surface area contributed by atoms with Crippen LogP contribution in [0.2, 0.25) is 0 Å². The van der Waals surface area contributed by atoms with Crippen LogP contribution in [0, 0.1) is 6.07 Å². The van der Waals surface area contributed by atoms with Gasteiger partial charge in [0.05, 0.1) is 7.11 Å². The van der Waals surface area contributed by atoms with Gasteiger partial charge in [0, 0.05) is 0 Å². The van der Waals surface area contributed by atoms with Gasteiger partial charge in [0.1, 0.15) is 0 Å². The molecule has 0 fully saturated rings. The zero-order chi connectivity index (χ0) is 13.1. The molecule has 0 unspecified atom stereocenters. The Bertz CT molecular complexity index is 482. The van der Waals surface area contributed by atoms with Gasteiger partial charge in [-0.2, -0.15) is 8.42 Å². The van der Waals surface area contributed by atoms with Crippen molar-refractivity contribution < 1.29 is 34.7 Å². The van der Waals surface area contributed by atoms with Crippen molar-refractivity contribution in [2.24, 2.45) is 0 Å². The molecule has 1 radical (unpaired) electrons. The van der Waals surface area contributed by atoms with Gasteiger partial charge in [-0.3, -0.25) is 0 Å². The molecule has 0 amide bonds. The maximum Gasteiger partial charge on any atom is 0.539 e. The molecule has 95 valence electrons. The van der Waals surface area contributed by atoms with Gasteiger partial charge in [-0.25, -0.2) is 0 Å². The van der Waals surface area contributed by atoms with Crippen molar-refractivity contribution in [1.82, 2.24) is 0 Å². The first-order chi connectivity index (χ1) is 7.73. The fraction of sp³-hybridized carbons (Fsp3) is 0.250. The van der Waals surface area contributed by atoms with Crippen molar-refractivity contribution in [3.63, 3.8) is 0 Å². The first kappa shape index (κ1) is 13.6. The second-order valence-electron chi connectivity index (χ2n) is 2.60. The number of hydrogen-bond acceptors (Lipinski definition) is 5. The third kappa shape index (κ3) is 4.49. The van der Waals surface area contributed by atoms with Crippen molar-refractivity contribution >= 4 is 10.4 Å². The highest BCUT2D eigenvalue weighted by Crippen LogP contribution is 2.29. The number of rotatable bonds is 4. The molecule has 17 heavy (non-hydrogen) atoms. The highest BCUT2D eigenvalue weighted by atomic mass is 32.3. The third-order valence-corrected chi connectivity index (χ3v) is 2.17. The van der Waals surface area contributed by atoms with Crippen LogP contribution in [0.15, 0.2) is 18.2 Å². The second-order valence-corrected chi connectivity index (χ2v) is 3.75. The number of halogens is 3. The monoisotopic (exact) mass is 271 g/mol. The summed E-state index contributed by atoms with van der Waals surface area (Å²) in [5.41, 5.74) is 0. The van der Waals surface area contributed by atoms with Crippen LogP contribution in [0.4, 0.5) is 13.2 Å². The molecule has 0 heterocycles. The van der Waals surface area contributed by atoms with Gasteiger partial charge in [-0.05, 0) is 18.2 Å². The highest BCUT2D eigenvalue weighted by molar-refractivity contribution is 7.82. The van der Waals surface area contributed by atoms with Crippen molar-refractivity contribution in [3.05, 3.63) is 24.3 Å². The van der Waals surface area contributed by atoms with Gasteiger partial charge in [0.25, 0.3) is 0 Å². The molecule has 0 bridgehead atoms. The number of ether oxygens (including phenoxy) is 1. The van der Waals surface area contributed by atoms with E-state index in [4.69, 9.17) is 0 Å². The Balaban J connectivity index is 2.91. The molecule has 0 aliphatic rings. The summed E-state index contributed by atoms with van der Waals surface area (Å²) in [7, 11) is -4.06. The Morgan fingerprint density at radius 3 is 2.47 bits per heavy atom. The minimum atomic E-state index is -5.36. The average Bonchev–Trinajstić information content (AvgIpc) is 2.14. The smallest absolute Gasteiger partial charge is 0.493 e. The Hall–Kier alpha value is -1.48. The van der Waals surface area contributed by atoms with E-state index in [-0.39, 0.29) is 5.75 Å². The number of methoxy groups -OCH3 is 1. The number of benzene rings is 1. The molecular weight excluding hydrogens is 265 g/mol. The molecule has 0 atom stereocenters. The Kier molecular flexibility index (Phi) is 3.83. The zero-order valence-electron chi connectivity index (χ0n) is 8.32. The SMILES string of the molecule is COc1cc[c]cc1OS(=O)(=O)OC(F)(F)F. The molecule has 1 aromatic rings. The predicted molar refractivity (Wildman–Crippen MR) is 48.5 cm³/mol. The van der Waals surface area contributed by atoms with Crippen LogP contribution in [0.25, 0.3) is 0 Å². The van der Waals surface area contributed by atoms with E-state index >= 15 is 0 Å². The molecular formula is C8H6F3O5S. The van der Waals surface area contributed by atoms with Crippen LogP contribution in [0.3, 0.4) is 0 Å². The first-order valence-corrected chi connectivity index (χ1v) is 5.33. The standard InChI is InChI=1S/C8H6F3O5S/c1-14-6-4-2-3-5-7(6)15-17(12,13)16-8(9,10)11/h2,4-5H,1H3.